The second-order valence-electron chi connectivity index (χ2n) is 10.4. The highest BCUT2D eigenvalue weighted by molar-refractivity contribution is 9.10. The minimum Gasteiger partial charge on any atom is -0.352 e. The maximum atomic E-state index is 14.7. The molecule has 1 N–H and O–H groups in total. The molecule has 41 heavy (non-hydrogen) atoms. The number of para-hydroxylation sites is 1. The molecular weight excluding hydrogens is 609 g/mol. The zero-order chi connectivity index (χ0) is 29.4. The fraction of sp³-hybridized carbons (Fsp3) is 0.355. The summed E-state index contributed by atoms with van der Waals surface area (Å²) in [6, 6.07) is 21.3. The lowest BCUT2D eigenvalue weighted by atomic mass is 9.94. The van der Waals surface area contributed by atoms with Crippen LogP contribution in [0.15, 0.2) is 83.3 Å². The molecule has 1 saturated carbocycles. The summed E-state index contributed by atoms with van der Waals surface area (Å²) in [5, 5.41) is 3.16. The topological polar surface area (TPSA) is 86.8 Å². The molecule has 0 saturated heterocycles. The number of hydrogen-bond acceptors (Lipinski definition) is 4. The van der Waals surface area contributed by atoms with Crippen molar-refractivity contribution in [3.63, 3.8) is 0 Å². The Kier molecular flexibility index (Phi) is 10.6. The van der Waals surface area contributed by atoms with Crippen molar-refractivity contribution in [3.05, 3.63) is 100 Å². The number of amides is 2. The largest absolute Gasteiger partial charge is 0.352 e. The van der Waals surface area contributed by atoms with Crippen LogP contribution in [0, 0.1) is 5.82 Å². The van der Waals surface area contributed by atoms with Gasteiger partial charge in [-0.15, -0.1) is 0 Å². The van der Waals surface area contributed by atoms with E-state index in [1.54, 1.807) is 0 Å². The van der Waals surface area contributed by atoms with Crippen LogP contribution >= 0.6 is 15.9 Å². The molecule has 0 spiro atoms. The van der Waals surface area contributed by atoms with E-state index in [0.717, 1.165) is 64.3 Å². The third-order valence-electron chi connectivity index (χ3n) is 7.26. The highest BCUT2D eigenvalue weighted by Gasteiger charge is 2.34. The first-order valence-electron chi connectivity index (χ1n) is 13.7. The zero-order valence-electron chi connectivity index (χ0n) is 23.0. The first kappa shape index (κ1) is 30.7. The third kappa shape index (κ3) is 8.63. The van der Waals surface area contributed by atoms with E-state index in [-0.39, 0.29) is 30.6 Å². The summed E-state index contributed by atoms with van der Waals surface area (Å²) in [6.45, 7) is -0.599. The van der Waals surface area contributed by atoms with Gasteiger partial charge >= 0.3 is 0 Å². The molecular formula is C31H35BrFN3O4S. The molecule has 1 aliphatic rings. The number of halogens is 2. The van der Waals surface area contributed by atoms with Gasteiger partial charge in [-0.05, 0) is 48.2 Å². The molecule has 3 aromatic carbocycles. The Morgan fingerprint density at radius 1 is 0.951 bits per heavy atom. The maximum Gasteiger partial charge on any atom is 0.244 e. The smallest absolute Gasteiger partial charge is 0.244 e. The first-order chi connectivity index (χ1) is 19.6. The molecule has 1 atom stereocenters. The molecule has 1 fully saturated rings. The van der Waals surface area contributed by atoms with Crippen molar-refractivity contribution >= 4 is 43.5 Å². The fourth-order valence-corrected chi connectivity index (χ4v) is 6.48. The summed E-state index contributed by atoms with van der Waals surface area (Å²) in [4.78, 5) is 29.5. The van der Waals surface area contributed by atoms with Crippen LogP contribution < -0.4 is 9.62 Å². The van der Waals surface area contributed by atoms with Gasteiger partial charge in [0.15, 0.2) is 0 Å². The number of nitrogens with zero attached hydrogens (tertiary/aromatic N) is 2. The number of carbonyl (C=O) groups excluding carboxylic acids is 2. The van der Waals surface area contributed by atoms with Crippen molar-refractivity contribution < 1.29 is 22.4 Å². The minimum absolute atomic E-state index is 0.0169. The average molecular weight is 645 g/mol. The van der Waals surface area contributed by atoms with Crippen molar-refractivity contribution in [2.24, 2.45) is 0 Å². The van der Waals surface area contributed by atoms with Gasteiger partial charge < -0.3 is 10.2 Å². The van der Waals surface area contributed by atoms with Crippen molar-refractivity contribution in [1.29, 1.82) is 0 Å². The van der Waals surface area contributed by atoms with Gasteiger partial charge in [0, 0.05) is 23.5 Å². The van der Waals surface area contributed by atoms with Gasteiger partial charge in [-0.1, -0.05) is 89.8 Å². The molecule has 0 aliphatic heterocycles. The Morgan fingerprint density at radius 3 is 2.27 bits per heavy atom. The summed E-state index contributed by atoms with van der Waals surface area (Å²) >= 11 is 3.47. The lowest BCUT2D eigenvalue weighted by Gasteiger charge is -2.35. The Bertz CT molecular complexity index is 1450. The second kappa shape index (κ2) is 14.1. The van der Waals surface area contributed by atoms with Gasteiger partial charge in [0.05, 0.1) is 11.9 Å². The summed E-state index contributed by atoms with van der Waals surface area (Å²) in [5.74, 6) is -1.67. The van der Waals surface area contributed by atoms with E-state index in [1.165, 1.54) is 23.1 Å². The van der Waals surface area contributed by atoms with E-state index in [9.17, 15) is 22.4 Å². The number of rotatable bonds is 11. The highest BCUT2D eigenvalue weighted by atomic mass is 79.9. The van der Waals surface area contributed by atoms with Gasteiger partial charge in [0.1, 0.15) is 18.4 Å². The summed E-state index contributed by atoms with van der Waals surface area (Å²) in [7, 11) is -4.04. The number of nitrogens with one attached hydrogen (secondary N) is 1. The summed E-state index contributed by atoms with van der Waals surface area (Å²) in [5.41, 5.74) is 1.39. The van der Waals surface area contributed by atoms with E-state index >= 15 is 0 Å². The quantitative estimate of drug-likeness (QED) is 0.301. The monoisotopic (exact) mass is 643 g/mol. The molecule has 0 radical (unpaired) electrons. The predicted molar refractivity (Wildman–Crippen MR) is 162 cm³/mol. The molecule has 7 nitrogen and oxygen atoms in total. The van der Waals surface area contributed by atoms with Crippen LogP contribution in [0.1, 0.15) is 43.2 Å². The second-order valence-corrected chi connectivity index (χ2v) is 13.2. The van der Waals surface area contributed by atoms with E-state index < -0.39 is 34.3 Å². The Morgan fingerprint density at radius 2 is 1.61 bits per heavy atom. The van der Waals surface area contributed by atoms with Crippen LogP contribution in [-0.4, -0.2) is 50.0 Å². The van der Waals surface area contributed by atoms with Gasteiger partial charge in [0.25, 0.3) is 0 Å². The molecule has 0 unspecified atom stereocenters. The normalized spacial score (nSPS) is 14.7. The van der Waals surface area contributed by atoms with Crippen molar-refractivity contribution in [3.8, 4) is 0 Å². The third-order valence-corrected chi connectivity index (χ3v) is 8.88. The van der Waals surface area contributed by atoms with Crippen LogP contribution in [0.25, 0.3) is 0 Å². The molecule has 0 heterocycles. The Balaban J connectivity index is 1.73. The standard InChI is InChI=1S/C31H35BrFN3O4S/c1-41(39,40)36(28-18-9-8-17-27(28)33)22-30(37)35(21-24-13-10-14-25(32)19-24)29(20-23-11-4-2-5-12-23)31(38)34-26-15-6-3-7-16-26/h2,4-5,8-14,17-19,26,29H,3,6-7,15-16,20-22H2,1H3,(H,34,38)/t29-/m1/s1. The molecule has 3 aromatic rings. The Hall–Kier alpha value is -3.24. The number of sulfonamides is 1. The van der Waals surface area contributed by atoms with Crippen molar-refractivity contribution in [2.75, 3.05) is 17.1 Å². The van der Waals surface area contributed by atoms with Crippen LogP contribution in [0.5, 0.6) is 0 Å². The molecule has 1 aliphatic carbocycles. The van der Waals surface area contributed by atoms with Crippen LogP contribution in [0.3, 0.4) is 0 Å². The minimum atomic E-state index is -4.04. The van der Waals surface area contributed by atoms with E-state index in [4.69, 9.17) is 0 Å². The number of benzene rings is 3. The average Bonchev–Trinajstić information content (AvgIpc) is 2.94. The molecule has 0 bridgehead atoms. The first-order valence-corrected chi connectivity index (χ1v) is 16.4. The summed E-state index contributed by atoms with van der Waals surface area (Å²) < 4.78 is 41.9. The number of hydrogen-bond donors (Lipinski definition) is 1. The molecule has 4 rings (SSSR count). The zero-order valence-corrected chi connectivity index (χ0v) is 25.4. The van der Waals surface area contributed by atoms with E-state index in [2.05, 4.69) is 21.2 Å². The van der Waals surface area contributed by atoms with Crippen LogP contribution in [0.4, 0.5) is 10.1 Å². The van der Waals surface area contributed by atoms with Crippen molar-refractivity contribution in [1.82, 2.24) is 10.2 Å². The van der Waals surface area contributed by atoms with Crippen LogP contribution in [0.2, 0.25) is 0 Å². The SMILES string of the molecule is CS(=O)(=O)N(CC(=O)N(Cc1cccc(Br)c1)[C@H](Cc1ccccc1)C(=O)NC1CCCCC1)c1ccccc1F. The van der Waals surface area contributed by atoms with E-state index in [0.29, 0.717) is 0 Å². The van der Waals surface area contributed by atoms with Gasteiger partial charge in [-0.25, -0.2) is 12.8 Å². The lowest BCUT2D eigenvalue weighted by molar-refractivity contribution is -0.140. The number of carbonyl (C=O) groups is 2. The Labute approximate surface area is 249 Å². The van der Waals surface area contributed by atoms with Crippen LogP contribution in [-0.2, 0) is 32.6 Å². The molecule has 2 amide bonds. The highest BCUT2D eigenvalue weighted by Crippen LogP contribution is 2.24. The fourth-order valence-electron chi connectivity index (χ4n) is 5.18. The molecule has 0 aromatic heterocycles. The molecule has 218 valence electrons. The van der Waals surface area contributed by atoms with Gasteiger partial charge in [-0.3, -0.25) is 13.9 Å². The summed E-state index contributed by atoms with van der Waals surface area (Å²) in [6.07, 6.45) is 6.10. The number of anilines is 1. The maximum absolute atomic E-state index is 14.7. The van der Waals surface area contributed by atoms with Crippen molar-refractivity contribution in [2.45, 2.75) is 57.2 Å². The molecule has 10 heteroatoms. The van der Waals surface area contributed by atoms with E-state index in [1.807, 2.05) is 54.6 Å². The van der Waals surface area contributed by atoms with Gasteiger partial charge in [-0.2, -0.15) is 0 Å². The van der Waals surface area contributed by atoms with Gasteiger partial charge in [0.2, 0.25) is 21.8 Å². The lowest BCUT2D eigenvalue weighted by Crippen LogP contribution is -2.55. The predicted octanol–water partition coefficient (Wildman–Crippen LogP) is 5.44.